The average Bonchev–Trinajstić information content (AvgIpc) is 2.96. The molecule has 1 N–H and O–H groups in total. The van der Waals surface area contributed by atoms with Crippen LogP contribution in [0, 0.1) is 5.41 Å². The lowest BCUT2D eigenvalue weighted by Gasteiger charge is -2.24. The average molecular weight is 267 g/mol. The summed E-state index contributed by atoms with van der Waals surface area (Å²) < 4.78 is 0. The van der Waals surface area contributed by atoms with Crippen molar-refractivity contribution < 1.29 is 9.90 Å². The number of carboxylic acids is 1. The minimum atomic E-state index is -0.609. The smallest absolute Gasteiger partial charge is 0.310 e. The summed E-state index contributed by atoms with van der Waals surface area (Å²) in [7, 11) is 0. The number of nitrogens with zero attached hydrogens (tertiary/aromatic N) is 1. The SMILES string of the molecule is CCCC1(C(=O)O)CCN(CCc2ccsc2)C1. The Morgan fingerprint density at radius 3 is 3.06 bits per heavy atom. The van der Waals surface area contributed by atoms with Crippen molar-refractivity contribution in [2.75, 3.05) is 19.6 Å². The Morgan fingerprint density at radius 2 is 2.44 bits per heavy atom. The zero-order valence-electron chi connectivity index (χ0n) is 10.9. The molecule has 1 saturated heterocycles. The van der Waals surface area contributed by atoms with Crippen molar-refractivity contribution in [1.29, 1.82) is 0 Å². The van der Waals surface area contributed by atoms with Gasteiger partial charge in [-0.3, -0.25) is 4.79 Å². The van der Waals surface area contributed by atoms with Gasteiger partial charge >= 0.3 is 5.97 Å². The summed E-state index contributed by atoms with van der Waals surface area (Å²) >= 11 is 1.72. The molecular formula is C14H21NO2S. The Bertz CT molecular complexity index is 391. The minimum Gasteiger partial charge on any atom is -0.481 e. The van der Waals surface area contributed by atoms with E-state index in [9.17, 15) is 9.90 Å². The van der Waals surface area contributed by atoms with Crippen molar-refractivity contribution in [3.8, 4) is 0 Å². The van der Waals surface area contributed by atoms with Gasteiger partial charge in [-0.05, 0) is 48.2 Å². The van der Waals surface area contributed by atoms with Gasteiger partial charge in [-0.2, -0.15) is 11.3 Å². The Hall–Kier alpha value is -0.870. The quantitative estimate of drug-likeness (QED) is 0.861. The lowest BCUT2D eigenvalue weighted by atomic mass is 9.83. The molecule has 0 amide bonds. The Morgan fingerprint density at radius 1 is 1.61 bits per heavy atom. The van der Waals surface area contributed by atoms with Gasteiger partial charge in [0.15, 0.2) is 0 Å². The summed E-state index contributed by atoms with van der Waals surface area (Å²) in [5, 5.41) is 13.7. The number of hydrogen-bond acceptors (Lipinski definition) is 3. The number of hydrogen-bond donors (Lipinski definition) is 1. The van der Waals surface area contributed by atoms with Crippen molar-refractivity contribution >= 4 is 17.3 Å². The predicted molar refractivity (Wildman–Crippen MR) is 74.1 cm³/mol. The molecule has 0 saturated carbocycles. The first-order valence-electron chi connectivity index (χ1n) is 6.63. The highest BCUT2D eigenvalue weighted by Gasteiger charge is 2.43. The van der Waals surface area contributed by atoms with Gasteiger partial charge < -0.3 is 10.0 Å². The molecule has 3 nitrogen and oxygen atoms in total. The molecule has 1 aromatic heterocycles. The van der Waals surface area contributed by atoms with Crippen LogP contribution in [0.4, 0.5) is 0 Å². The van der Waals surface area contributed by atoms with Crippen LogP contribution in [-0.4, -0.2) is 35.6 Å². The number of likely N-dealkylation sites (tertiary alicyclic amines) is 1. The van der Waals surface area contributed by atoms with E-state index in [1.807, 2.05) is 0 Å². The normalized spacial score (nSPS) is 24.5. The first-order valence-corrected chi connectivity index (χ1v) is 7.57. The van der Waals surface area contributed by atoms with E-state index in [0.29, 0.717) is 0 Å². The molecule has 18 heavy (non-hydrogen) atoms. The fourth-order valence-corrected chi connectivity index (χ4v) is 3.54. The molecule has 0 aliphatic carbocycles. The minimum absolute atomic E-state index is 0.483. The highest BCUT2D eigenvalue weighted by Crippen LogP contribution is 2.35. The van der Waals surface area contributed by atoms with Crippen LogP contribution in [0.3, 0.4) is 0 Å². The summed E-state index contributed by atoms with van der Waals surface area (Å²) in [4.78, 5) is 13.8. The summed E-state index contributed by atoms with van der Waals surface area (Å²) in [6, 6.07) is 2.15. The number of rotatable bonds is 6. The number of aliphatic carboxylic acids is 1. The predicted octanol–water partition coefficient (Wildman–Crippen LogP) is 2.87. The largest absolute Gasteiger partial charge is 0.481 e. The van der Waals surface area contributed by atoms with Gasteiger partial charge in [-0.25, -0.2) is 0 Å². The molecule has 4 heteroatoms. The summed E-state index contributed by atoms with van der Waals surface area (Å²) in [5.74, 6) is -0.609. The Labute approximate surface area is 112 Å². The molecular weight excluding hydrogens is 246 g/mol. The van der Waals surface area contributed by atoms with Crippen molar-refractivity contribution in [3.63, 3.8) is 0 Å². The van der Waals surface area contributed by atoms with Gasteiger partial charge in [-0.15, -0.1) is 0 Å². The lowest BCUT2D eigenvalue weighted by Crippen LogP contribution is -2.35. The van der Waals surface area contributed by atoms with E-state index in [1.54, 1.807) is 11.3 Å². The molecule has 0 spiro atoms. The maximum atomic E-state index is 11.5. The van der Waals surface area contributed by atoms with Crippen molar-refractivity contribution in [2.45, 2.75) is 32.6 Å². The van der Waals surface area contributed by atoms with E-state index >= 15 is 0 Å². The van der Waals surface area contributed by atoms with Crippen LogP contribution in [0.25, 0.3) is 0 Å². The van der Waals surface area contributed by atoms with Gasteiger partial charge in [0, 0.05) is 13.1 Å². The van der Waals surface area contributed by atoms with Crippen molar-refractivity contribution in [3.05, 3.63) is 22.4 Å². The molecule has 1 unspecified atom stereocenters. The van der Waals surface area contributed by atoms with E-state index in [0.717, 1.165) is 45.3 Å². The molecule has 1 fully saturated rings. The summed E-state index contributed by atoms with van der Waals surface area (Å²) in [6.45, 7) is 4.70. The topological polar surface area (TPSA) is 40.5 Å². The second-order valence-corrected chi connectivity index (χ2v) is 6.02. The molecule has 1 aromatic rings. The van der Waals surface area contributed by atoms with Crippen LogP contribution in [0.1, 0.15) is 31.7 Å². The second-order valence-electron chi connectivity index (χ2n) is 5.24. The van der Waals surface area contributed by atoms with Crippen LogP contribution in [0.2, 0.25) is 0 Å². The fourth-order valence-electron chi connectivity index (χ4n) is 2.84. The molecule has 0 bridgehead atoms. The molecule has 1 atom stereocenters. The summed E-state index contributed by atoms with van der Waals surface area (Å²) in [5.41, 5.74) is 0.881. The zero-order valence-corrected chi connectivity index (χ0v) is 11.7. The maximum Gasteiger partial charge on any atom is 0.310 e. The molecule has 1 aliphatic heterocycles. The van der Waals surface area contributed by atoms with Crippen LogP contribution in [-0.2, 0) is 11.2 Å². The molecule has 100 valence electrons. The van der Waals surface area contributed by atoms with E-state index in [2.05, 4.69) is 28.7 Å². The molecule has 2 rings (SSSR count). The van der Waals surface area contributed by atoms with E-state index in [1.165, 1.54) is 5.56 Å². The molecule has 0 radical (unpaired) electrons. The van der Waals surface area contributed by atoms with Crippen LogP contribution >= 0.6 is 11.3 Å². The van der Waals surface area contributed by atoms with Crippen molar-refractivity contribution in [1.82, 2.24) is 4.90 Å². The standard InChI is InChI=1S/C14H21NO2S/c1-2-5-14(13(16)17)6-8-15(11-14)7-3-12-4-9-18-10-12/h4,9-10H,2-3,5-8,11H2,1H3,(H,16,17). The van der Waals surface area contributed by atoms with Crippen LogP contribution in [0.15, 0.2) is 16.8 Å². The highest BCUT2D eigenvalue weighted by molar-refractivity contribution is 7.07. The highest BCUT2D eigenvalue weighted by atomic mass is 32.1. The molecule has 1 aliphatic rings. The number of carboxylic acid groups (broad SMARTS) is 1. The van der Waals surface area contributed by atoms with E-state index < -0.39 is 11.4 Å². The monoisotopic (exact) mass is 267 g/mol. The van der Waals surface area contributed by atoms with Gasteiger partial charge in [0.25, 0.3) is 0 Å². The number of thiophene rings is 1. The van der Waals surface area contributed by atoms with Gasteiger partial charge in [0.05, 0.1) is 5.41 Å². The van der Waals surface area contributed by atoms with Crippen molar-refractivity contribution in [2.24, 2.45) is 5.41 Å². The van der Waals surface area contributed by atoms with Gasteiger partial charge in [-0.1, -0.05) is 13.3 Å². The Kier molecular flexibility index (Phi) is 4.40. The van der Waals surface area contributed by atoms with Crippen LogP contribution < -0.4 is 0 Å². The molecule has 2 heterocycles. The van der Waals surface area contributed by atoms with Crippen LogP contribution in [0.5, 0.6) is 0 Å². The zero-order chi connectivity index (χ0) is 13.0. The maximum absolute atomic E-state index is 11.5. The summed E-state index contributed by atoms with van der Waals surface area (Å²) in [6.07, 6.45) is 3.59. The fraction of sp³-hybridized carbons (Fsp3) is 0.643. The van der Waals surface area contributed by atoms with E-state index in [-0.39, 0.29) is 0 Å². The Balaban J connectivity index is 1.88. The molecule has 0 aromatic carbocycles. The first-order chi connectivity index (χ1) is 8.66. The van der Waals surface area contributed by atoms with E-state index in [4.69, 9.17) is 0 Å². The van der Waals surface area contributed by atoms with Gasteiger partial charge in [0.2, 0.25) is 0 Å². The number of carbonyl (C=O) groups is 1. The van der Waals surface area contributed by atoms with Gasteiger partial charge in [0.1, 0.15) is 0 Å². The third-order valence-corrected chi connectivity index (χ3v) is 4.64. The third-order valence-electron chi connectivity index (χ3n) is 3.91. The second kappa shape index (κ2) is 5.85. The third kappa shape index (κ3) is 2.93. The first kappa shape index (κ1) is 13.6. The lowest BCUT2D eigenvalue weighted by molar-refractivity contribution is -0.148.